The third-order valence-electron chi connectivity index (χ3n) is 2.97. The van der Waals surface area contributed by atoms with Gasteiger partial charge in [-0.25, -0.2) is 0 Å². The van der Waals surface area contributed by atoms with Crippen LogP contribution in [0.3, 0.4) is 0 Å². The highest BCUT2D eigenvalue weighted by atomic mass is 16.5. The number of ether oxygens (including phenoxy) is 1. The molecule has 6 nitrogen and oxygen atoms in total. The predicted octanol–water partition coefficient (Wildman–Crippen LogP) is 0.398. The van der Waals surface area contributed by atoms with Crippen molar-refractivity contribution < 1.29 is 14.7 Å². The predicted molar refractivity (Wildman–Crippen MR) is 63.8 cm³/mol. The number of carbonyl (C=O) groups excluding carboxylic acids is 1. The second-order valence-electron chi connectivity index (χ2n) is 4.15. The first-order valence-corrected chi connectivity index (χ1v) is 6.02. The topological polar surface area (TPSA) is 88.2 Å². The molecular formula is C11H21N3O3. The zero-order valence-electron chi connectivity index (χ0n) is 10.3. The third kappa shape index (κ3) is 4.22. The fraction of sp³-hybridized carbons (Fsp3) is 0.818. The summed E-state index contributed by atoms with van der Waals surface area (Å²) in [4.78, 5) is 13.6. The van der Waals surface area contributed by atoms with Gasteiger partial charge in [-0.05, 0) is 19.8 Å². The van der Waals surface area contributed by atoms with Crippen LogP contribution in [0.5, 0.6) is 0 Å². The Kier molecular flexibility index (Phi) is 5.76. The summed E-state index contributed by atoms with van der Waals surface area (Å²) < 4.78 is 5.15. The smallest absolute Gasteiger partial charge is 0.224 e. The van der Waals surface area contributed by atoms with Crippen molar-refractivity contribution in [3.63, 3.8) is 0 Å². The third-order valence-corrected chi connectivity index (χ3v) is 2.97. The first kappa shape index (κ1) is 13.8. The van der Waals surface area contributed by atoms with Gasteiger partial charge < -0.3 is 20.6 Å². The molecule has 0 aromatic rings. The van der Waals surface area contributed by atoms with Gasteiger partial charge in [0.15, 0.2) is 0 Å². The van der Waals surface area contributed by atoms with E-state index in [0.29, 0.717) is 26.2 Å². The van der Waals surface area contributed by atoms with E-state index in [4.69, 9.17) is 15.7 Å². The van der Waals surface area contributed by atoms with Crippen molar-refractivity contribution in [2.45, 2.75) is 26.2 Å². The van der Waals surface area contributed by atoms with E-state index >= 15 is 0 Å². The number of hydrogen-bond donors (Lipinski definition) is 2. The Morgan fingerprint density at radius 2 is 2.41 bits per heavy atom. The quantitative estimate of drug-likeness (QED) is 0.240. The number of hydrogen-bond acceptors (Lipinski definition) is 4. The zero-order valence-corrected chi connectivity index (χ0v) is 10.3. The largest absolute Gasteiger partial charge is 0.409 e. The van der Waals surface area contributed by atoms with E-state index in [0.717, 1.165) is 19.4 Å². The van der Waals surface area contributed by atoms with Crippen LogP contribution < -0.4 is 5.73 Å². The fourth-order valence-corrected chi connectivity index (χ4v) is 1.99. The Bertz CT molecular complexity index is 281. The molecule has 0 aromatic heterocycles. The molecule has 1 unspecified atom stereocenters. The van der Waals surface area contributed by atoms with Gasteiger partial charge in [0, 0.05) is 25.6 Å². The monoisotopic (exact) mass is 243 g/mol. The lowest BCUT2D eigenvalue weighted by atomic mass is 9.97. The van der Waals surface area contributed by atoms with Crippen molar-refractivity contribution in [2.24, 2.45) is 16.8 Å². The van der Waals surface area contributed by atoms with Crippen molar-refractivity contribution in [3.05, 3.63) is 0 Å². The van der Waals surface area contributed by atoms with Crippen molar-refractivity contribution in [3.8, 4) is 0 Å². The van der Waals surface area contributed by atoms with Gasteiger partial charge in [0.2, 0.25) is 5.91 Å². The number of nitrogens with two attached hydrogens (primary N) is 1. The first-order chi connectivity index (χ1) is 8.19. The van der Waals surface area contributed by atoms with Gasteiger partial charge in [-0.2, -0.15) is 0 Å². The molecule has 98 valence electrons. The maximum Gasteiger partial charge on any atom is 0.224 e. The van der Waals surface area contributed by atoms with Crippen molar-refractivity contribution in [1.82, 2.24) is 4.90 Å². The second-order valence-corrected chi connectivity index (χ2v) is 4.15. The van der Waals surface area contributed by atoms with Crippen LogP contribution in [-0.2, 0) is 9.53 Å². The standard InChI is InChI=1S/C11H21N3O3/c1-2-17-7-5-10(15)14-6-3-4-9(8-14)11(12)13-16/h9,16H,2-8H2,1H3,(H2,12,13). The summed E-state index contributed by atoms with van der Waals surface area (Å²) >= 11 is 0. The van der Waals surface area contributed by atoms with Crippen LogP contribution in [0.15, 0.2) is 5.16 Å². The summed E-state index contributed by atoms with van der Waals surface area (Å²) in [5, 5.41) is 11.6. The minimum Gasteiger partial charge on any atom is -0.409 e. The Hall–Kier alpha value is -1.30. The highest BCUT2D eigenvalue weighted by molar-refractivity contribution is 5.84. The minimum atomic E-state index is -0.0233. The Balaban J connectivity index is 2.40. The summed E-state index contributed by atoms with van der Waals surface area (Å²) in [6, 6.07) is 0. The maximum atomic E-state index is 11.8. The van der Waals surface area contributed by atoms with E-state index < -0.39 is 0 Å². The van der Waals surface area contributed by atoms with Crippen LogP contribution in [0.4, 0.5) is 0 Å². The van der Waals surface area contributed by atoms with E-state index in [1.165, 1.54) is 0 Å². The Morgan fingerprint density at radius 3 is 3.06 bits per heavy atom. The summed E-state index contributed by atoms with van der Waals surface area (Å²) in [5.74, 6) is 0.269. The number of likely N-dealkylation sites (tertiary alicyclic amines) is 1. The van der Waals surface area contributed by atoms with E-state index in [1.807, 2.05) is 6.92 Å². The van der Waals surface area contributed by atoms with Gasteiger partial charge in [-0.3, -0.25) is 4.79 Å². The number of amidine groups is 1. The van der Waals surface area contributed by atoms with Gasteiger partial charge in [0.1, 0.15) is 5.84 Å². The maximum absolute atomic E-state index is 11.8. The molecule has 1 atom stereocenters. The van der Waals surface area contributed by atoms with Gasteiger partial charge in [-0.1, -0.05) is 5.16 Å². The summed E-state index contributed by atoms with van der Waals surface area (Å²) in [7, 11) is 0. The molecule has 0 aromatic carbocycles. The number of rotatable bonds is 5. The van der Waals surface area contributed by atoms with Crippen LogP contribution in [0.2, 0.25) is 0 Å². The molecule has 6 heteroatoms. The molecule has 1 rings (SSSR count). The molecule has 1 saturated heterocycles. The fourth-order valence-electron chi connectivity index (χ4n) is 1.99. The molecule has 1 aliphatic heterocycles. The lowest BCUT2D eigenvalue weighted by Gasteiger charge is -2.32. The van der Waals surface area contributed by atoms with E-state index in [2.05, 4.69) is 5.16 Å². The van der Waals surface area contributed by atoms with Crippen LogP contribution in [0, 0.1) is 5.92 Å². The minimum absolute atomic E-state index is 0.0233. The normalized spacial score (nSPS) is 21.6. The molecule has 1 aliphatic rings. The second kappa shape index (κ2) is 7.11. The number of amides is 1. The van der Waals surface area contributed by atoms with Gasteiger partial charge in [-0.15, -0.1) is 0 Å². The summed E-state index contributed by atoms with van der Waals surface area (Å²) in [6.45, 7) is 4.28. The number of nitrogens with zero attached hydrogens (tertiary/aromatic N) is 2. The first-order valence-electron chi connectivity index (χ1n) is 6.02. The molecule has 1 fully saturated rings. The van der Waals surface area contributed by atoms with E-state index in [-0.39, 0.29) is 17.7 Å². The van der Waals surface area contributed by atoms with Crippen molar-refractivity contribution in [2.75, 3.05) is 26.3 Å². The number of oxime groups is 1. The Labute approximate surface area is 101 Å². The number of piperidine rings is 1. The van der Waals surface area contributed by atoms with Gasteiger partial charge >= 0.3 is 0 Å². The SMILES string of the molecule is CCOCCC(=O)N1CCCC(C(N)=NO)C1. The molecule has 0 bridgehead atoms. The number of carbonyl (C=O) groups is 1. The van der Waals surface area contributed by atoms with Crippen molar-refractivity contribution in [1.29, 1.82) is 0 Å². The van der Waals surface area contributed by atoms with Crippen LogP contribution in [0.1, 0.15) is 26.2 Å². The summed E-state index contributed by atoms with van der Waals surface area (Å²) in [6.07, 6.45) is 2.16. The molecule has 0 spiro atoms. The molecule has 3 N–H and O–H groups in total. The average Bonchev–Trinajstić information content (AvgIpc) is 2.38. The van der Waals surface area contributed by atoms with Crippen LogP contribution in [-0.4, -0.2) is 48.2 Å². The van der Waals surface area contributed by atoms with Gasteiger partial charge in [0.05, 0.1) is 13.0 Å². The molecule has 1 amide bonds. The highest BCUT2D eigenvalue weighted by Crippen LogP contribution is 2.17. The molecular weight excluding hydrogens is 222 g/mol. The van der Waals surface area contributed by atoms with E-state index in [9.17, 15) is 4.79 Å². The molecule has 17 heavy (non-hydrogen) atoms. The molecule has 0 radical (unpaired) electrons. The van der Waals surface area contributed by atoms with Crippen LogP contribution >= 0.6 is 0 Å². The average molecular weight is 243 g/mol. The molecule has 0 aliphatic carbocycles. The molecule has 0 saturated carbocycles. The van der Waals surface area contributed by atoms with Gasteiger partial charge in [0.25, 0.3) is 0 Å². The van der Waals surface area contributed by atoms with E-state index in [1.54, 1.807) is 4.90 Å². The summed E-state index contributed by atoms with van der Waals surface area (Å²) in [5.41, 5.74) is 5.57. The Morgan fingerprint density at radius 1 is 1.65 bits per heavy atom. The van der Waals surface area contributed by atoms with Crippen molar-refractivity contribution >= 4 is 11.7 Å². The van der Waals surface area contributed by atoms with Crippen LogP contribution in [0.25, 0.3) is 0 Å². The molecule has 1 heterocycles. The lowest BCUT2D eigenvalue weighted by Crippen LogP contribution is -2.44. The highest BCUT2D eigenvalue weighted by Gasteiger charge is 2.25. The lowest BCUT2D eigenvalue weighted by molar-refractivity contribution is -0.133. The zero-order chi connectivity index (χ0) is 12.7.